The molecule has 0 fully saturated rings. The van der Waals surface area contributed by atoms with Gasteiger partial charge < -0.3 is 15.1 Å². The van der Waals surface area contributed by atoms with Crippen molar-refractivity contribution in [2.75, 3.05) is 31.2 Å². The summed E-state index contributed by atoms with van der Waals surface area (Å²) in [5.41, 5.74) is 3.18. The summed E-state index contributed by atoms with van der Waals surface area (Å²) >= 11 is 0. The first kappa shape index (κ1) is 18.0. The lowest BCUT2D eigenvalue weighted by molar-refractivity contribution is 0.281. The third-order valence-corrected chi connectivity index (χ3v) is 3.14. The molecule has 0 spiro atoms. The maximum absolute atomic E-state index is 9.07. The Hall–Kier alpha value is -2.10. The van der Waals surface area contributed by atoms with Crippen molar-refractivity contribution in [3.63, 3.8) is 0 Å². The first-order chi connectivity index (χ1) is 10.7. The van der Waals surface area contributed by atoms with Crippen LogP contribution in [0, 0.1) is 0 Å². The second kappa shape index (κ2) is 10.6. The van der Waals surface area contributed by atoms with Crippen LogP contribution in [0.25, 0.3) is 6.08 Å². The van der Waals surface area contributed by atoms with Crippen LogP contribution in [0.4, 0.5) is 5.69 Å². The highest BCUT2D eigenvalue weighted by molar-refractivity contribution is 5.59. The minimum absolute atomic E-state index is 0.0702. The second-order valence-corrected chi connectivity index (χ2v) is 4.76. The SMILES string of the molecule is C=C/C=C(\C=C/C)/C=C/c1ccc(N(CCO)CCO)cc1. The Morgan fingerprint density at radius 1 is 1.09 bits per heavy atom. The highest BCUT2D eigenvalue weighted by Gasteiger charge is 2.04. The van der Waals surface area contributed by atoms with E-state index >= 15 is 0 Å². The molecular formula is C19H25NO2. The lowest BCUT2D eigenvalue weighted by atomic mass is 10.1. The average Bonchev–Trinajstić information content (AvgIpc) is 2.53. The highest BCUT2D eigenvalue weighted by Crippen LogP contribution is 2.16. The van der Waals surface area contributed by atoms with Gasteiger partial charge in [-0.05, 0) is 30.2 Å². The molecule has 1 aromatic carbocycles. The molecule has 0 aliphatic rings. The predicted octanol–water partition coefficient (Wildman–Crippen LogP) is 3.18. The summed E-state index contributed by atoms with van der Waals surface area (Å²) in [4.78, 5) is 1.95. The second-order valence-electron chi connectivity index (χ2n) is 4.76. The van der Waals surface area contributed by atoms with Crippen molar-refractivity contribution in [3.8, 4) is 0 Å². The molecule has 0 saturated heterocycles. The lowest BCUT2D eigenvalue weighted by Crippen LogP contribution is -2.29. The number of hydrogen-bond donors (Lipinski definition) is 2. The summed E-state index contributed by atoms with van der Waals surface area (Å²) in [6.07, 6.45) is 11.8. The molecule has 3 heteroatoms. The van der Waals surface area contributed by atoms with Gasteiger partial charge in [-0.1, -0.05) is 55.2 Å². The van der Waals surface area contributed by atoms with E-state index in [0.717, 1.165) is 16.8 Å². The zero-order valence-electron chi connectivity index (χ0n) is 13.2. The molecule has 0 heterocycles. The molecule has 0 atom stereocenters. The molecule has 0 bridgehead atoms. The number of benzene rings is 1. The fraction of sp³-hybridized carbons (Fsp3) is 0.263. The van der Waals surface area contributed by atoms with Crippen molar-refractivity contribution in [2.45, 2.75) is 6.92 Å². The maximum atomic E-state index is 9.07. The zero-order chi connectivity index (χ0) is 16.2. The molecule has 0 unspecified atom stereocenters. The van der Waals surface area contributed by atoms with E-state index < -0.39 is 0 Å². The van der Waals surface area contributed by atoms with E-state index in [1.165, 1.54) is 0 Å². The molecule has 3 nitrogen and oxygen atoms in total. The minimum atomic E-state index is 0.0702. The molecule has 0 saturated carbocycles. The summed E-state index contributed by atoms with van der Waals surface area (Å²) in [5.74, 6) is 0. The minimum Gasteiger partial charge on any atom is -0.395 e. The van der Waals surface area contributed by atoms with E-state index in [0.29, 0.717) is 13.1 Å². The normalized spacial score (nSPS) is 12.2. The van der Waals surface area contributed by atoms with Crippen LogP contribution in [0.1, 0.15) is 12.5 Å². The van der Waals surface area contributed by atoms with Crippen molar-refractivity contribution in [2.24, 2.45) is 0 Å². The number of anilines is 1. The van der Waals surface area contributed by atoms with Crippen molar-refractivity contribution in [3.05, 3.63) is 72.4 Å². The van der Waals surface area contributed by atoms with Crippen LogP contribution in [-0.2, 0) is 0 Å². The van der Waals surface area contributed by atoms with Gasteiger partial charge in [-0.25, -0.2) is 0 Å². The van der Waals surface area contributed by atoms with Crippen LogP contribution in [0.2, 0.25) is 0 Å². The van der Waals surface area contributed by atoms with Gasteiger partial charge in [0.05, 0.1) is 13.2 Å². The van der Waals surface area contributed by atoms with E-state index in [9.17, 15) is 0 Å². The average molecular weight is 299 g/mol. The number of nitrogens with zero attached hydrogens (tertiary/aromatic N) is 1. The smallest absolute Gasteiger partial charge is 0.0606 e. The molecule has 1 rings (SSSR count). The number of allylic oxidation sites excluding steroid dienone is 6. The van der Waals surface area contributed by atoms with Crippen LogP contribution < -0.4 is 4.90 Å². The fourth-order valence-corrected chi connectivity index (χ4v) is 2.10. The van der Waals surface area contributed by atoms with Crippen molar-refractivity contribution < 1.29 is 10.2 Å². The van der Waals surface area contributed by atoms with Crippen LogP contribution in [0.15, 0.2) is 66.8 Å². The highest BCUT2D eigenvalue weighted by atomic mass is 16.3. The van der Waals surface area contributed by atoms with Gasteiger partial charge in [-0.15, -0.1) is 0 Å². The third-order valence-electron chi connectivity index (χ3n) is 3.14. The Kier molecular flexibility index (Phi) is 8.65. The largest absolute Gasteiger partial charge is 0.395 e. The van der Waals surface area contributed by atoms with Crippen LogP contribution in [-0.4, -0.2) is 36.5 Å². The summed E-state index contributed by atoms with van der Waals surface area (Å²) in [7, 11) is 0. The Bertz CT molecular complexity index is 521. The molecule has 0 radical (unpaired) electrons. The Morgan fingerprint density at radius 3 is 2.23 bits per heavy atom. The standard InChI is InChI=1S/C19H25NO2/c1-3-5-17(6-4-2)7-8-18-9-11-19(12-10-18)20(13-15-21)14-16-22/h3-12,21-22H,1,13-16H2,2H3/b6-4-,8-7+,17-5+. The molecule has 118 valence electrons. The molecule has 1 aromatic rings. The van der Waals surface area contributed by atoms with Gasteiger partial charge in [-0.3, -0.25) is 0 Å². The summed E-state index contributed by atoms with van der Waals surface area (Å²) in [6.45, 7) is 6.87. The lowest BCUT2D eigenvalue weighted by Gasteiger charge is -2.22. The molecule has 22 heavy (non-hydrogen) atoms. The quantitative estimate of drug-likeness (QED) is 0.688. The number of aliphatic hydroxyl groups excluding tert-OH is 2. The van der Waals surface area contributed by atoms with Gasteiger partial charge in [0.2, 0.25) is 0 Å². The molecule has 2 N–H and O–H groups in total. The molecule has 0 aromatic heterocycles. The summed E-state index contributed by atoms with van der Waals surface area (Å²) in [6, 6.07) is 8.04. The number of rotatable bonds is 9. The summed E-state index contributed by atoms with van der Waals surface area (Å²) < 4.78 is 0. The Labute approximate surface area is 133 Å². The topological polar surface area (TPSA) is 43.7 Å². The van der Waals surface area contributed by atoms with E-state index in [1.54, 1.807) is 6.08 Å². The zero-order valence-corrected chi connectivity index (χ0v) is 13.2. The van der Waals surface area contributed by atoms with Crippen LogP contribution in [0.5, 0.6) is 0 Å². The predicted molar refractivity (Wildman–Crippen MR) is 95.0 cm³/mol. The van der Waals surface area contributed by atoms with Gasteiger partial charge in [-0.2, -0.15) is 0 Å². The van der Waals surface area contributed by atoms with E-state index in [1.807, 2.05) is 66.5 Å². The molecule has 0 aliphatic carbocycles. The van der Waals surface area contributed by atoms with Gasteiger partial charge in [0.25, 0.3) is 0 Å². The Morgan fingerprint density at radius 2 is 1.73 bits per heavy atom. The number of hydrogen-bond acceptors (Lipinski definition) is 3. The monoisotopic (exact) mass is 299 g/mol. The molecule has 0 amide bonds. The van der Waals surface area contributed by atoms with Crippen LogP contribution in [0.3, 0.4) is 0 Å². The van der Waals surface area contributed by atoms with Crippen molar-refractivity contribution >= 4 is 11.8 Å². The Balaban J connectivity index is 2.83. The maximum Gasteiger partial charge on any atom is 0.0606 e. The molecule has 0 aliphatic heterocycles. The van der Waals surface area contributed by atoms with Crippen molar-refractivity contribution in [1.82, 2.24) is 0 Å². The summed E-state index contributed by atoms with van der Waals surface area (Å²) in [5, 5.41) is 18.1. The van der Waals surface area contributed by atoms with E-state index in [4.69, 9.17) is 10.2 Å². The van der Waals surface area contributed by atoms with Crippen molar-refractivity contribution in [1.29, 1.82) is 0 Å². The fourth-order valence-electron chi connectivity index (χ4n) is 2.10. The van der Waals surface area contributed by atoms with Gasteiger partial charge in [0, 0.05) is 18.8 Å². The first-order valence-electron chi connectivity index (χ1n) is 7.45. The molecular weight excluding hydrogens is 274 g/mol. The van der Waals surface area contributed by atoms with Gasteiger partial charge in [0.15, 0.2) is 0 Å². The third kappa shape index (κ3) is 6.12. The van der Waals surface area contributed by atoms with Gasteiger partial charge >= 0.3 is 0 Å². The number of aliphatic hydroxyl groups is 2. The first-order valence-corrected chi connectivity index (χ1v) is 7.45. The van der Waals surface area contributed by atoms with E-state index in [2.05, 4.69) is 6.58 Å². The van der Waals surface area contributed by atoms with Crippen LogP contribution >= 0.6 is 0 Å². The van der Waals surface area contributed by atoms with Gasteiger partial charge in [0.1, 0.15) is 0 Å². The van der Waals surface area contributed by atoms with E-state index in [-0.39, 0.29) is 13.2 Å².